The summed E-state index contributed by atoms with van der Waals surface area (Å²) in [6.45, 7) is 0. The molecule has 9 rings (SSSR count). The highest BCUT2D eigenvalue weighted by molar-refractivity contribution is 7.97. The molecule has 0 atom stereocenters. The quantitative estimate of drug-likeness (QED) is 0.176. The Bertz CT molecular complexity index is 2360. The van der Waals surface area contributed by atoms with Crippen molar-refractivity contribution in [1.29, 1.82) is 0 Å². The van der Waals surface area contributed by atoms with E-state index in [1.54, 1.807) is 0 Å². The molecule has 51 heavy (non-hydrogen) atoms. The van der Waals surface area contributed by atoms with E-state index in [4.69, 9.17) is 9.97 Å². The summed E-state index contributed by atoms with van der Waals surface area (Å²) < 4.78 is 0. The van der Waals surface area contributed by atoms with Crippen LogP contribution < -0.4 is 0 Å². The minimum absolute atomic E-state index is 0.959. The van der Waals surface area contributed by atoms with Crippen molar-refractivity contribution >= 4 is 11.8 Å². The number of hydrogen-bond acceptors (Lipinski definition) is 3. The van der Waals surface area contributed by atoms with Crippen LogP contribution in [-0.2, 0) is 11.5 Å². The third kappa shape index (κ3) is 6.40. The Balaban J connectivity index is 1.14. The van der Waals surface area contributed by atoms with E-state index in [9.17, 15) is 0 Å². The van der Waals surface area contributed by atoms with Crippen LogP contribution >= 0.6 is 11.8 Å². The highest BCUT2D eigenvalue weighted by Crippen LogP contribution is 2.41. The Morgan fingerprint density at radius 1 is 0.294 bits per heavy atom. The van der Waals surface area contributed by atoms with Gasteiger partial charge in [0.05, 0.1) is 22.8 Å². The van der Waals surface area contributed by atoms with Crippen molar-refractivity contribution in [3.63, 3.8) is 0 Å². The fourth-order valence-electron chi connectivity index (χ4n) is 6.98. The lowest BCUT2D eigenvalue weighted by Gasteiger charge is -2.15. The molecular formula is C48H34N2S. The number of thioether (sulfide) groups is 1. The van der Waals surface area contributed by atoms with Crippen LogP contribution in [0.25, 0.3) is 78.4 Å². The van der Waals surface area contributed by atoms with Gasteiger partial charge in [-0.1, -0.05) is 146 Å². The van der Waals surface area contributed by atoms with Gasteiger partial charge in [0, 0.05) is 33.8 Å². The van der Waals surface area contributed by atoms with Crippen molar-refractivity contribution in [3.8, 4) is 78.4 Å². The smallest absolute Gasteiger partial charge is 0.0715 e. The molecular weight excluding hydrogens is 637 g/mol. The van der Waals surface area contributed by atoms with Crippen LogP contribution in [0.1, 0.15) is 11.1 Å². The van der Waals surface area contributed by atoms with Crippen molar-refractivity contribution in [3.05, 3.63) is 193 Å². The minimum atomic E-state index is 0.959. The minimum Gasteiger partial charge on any atom is -0.248 e. The summed E-state index contributed by atoms with van der Waals surface area (Å²) >= 11 is 1.98. The highest BCUT2D eigenvalue weighted by Gasteiger charge is 2.18. The SMILES string of the molecule is c1ccc(-c2cc(-c3ccc4c(c3)CSCc3ccc(-c5cc(-c6ccccc6)nc(-c6ccccc6)c5)cc3-4)cc(-c3ccccc3)n2)cc1. The average molecular weight is 671 g/mol. The Hall–Kier alpha value is -6.03. The number of rotatable bonds is 6. The third-order valence-electron chi connectivity index (χ3n) is 9.62. The molecule has 0 saturated carbocycles. The topological polar surface area (TPSA) is 25.8 Å². The third-order valence-corrected chi connectivity index (χ3v) is 10.6. The Labute approximate surface area is 303 Å². The molecule has 1 aliphatic rings. The van der Waals surface area contributed by atoms with Crippen molar-refractivity contribution < 1.29 is 0 Å². The predicted molar refractivity (Wildman–Crippen MR) is 215 cm³/mol. The van der Waals surface area contributed by atoms with Gasteiger partial charge < -0.3 is 0 Å². The molecule has 0 radical (unpaired) electrons. The van der Waals surface area contributed by atoms with Crippen molar-refractivity contribution in [2.24, 2.45) is 0 Å². The van der Waals surface area contributed by atoms with Crippen LogP contribution in [0.5, 0.6) is 0 Å². The molecule has 8 aromatic rings. The molecule has 0 saturated heterocycles. The number of fused-ring (bicyclic) bond motifs is 3. The monoisotopic (exact) mass is 670 g/mol. The summed E-state index contributed by atoms with van der Waals surface area (Å²) in [6.07, 6.45) is 0. The molecule has 3 heterocycles. The van der Waals surface area contributed by atoms with Crippen molar-refractivity contribution in [2.75, 3.05) is 0 Å². The molecule has 242 valence electrons. The first-order valence-corrected chi connectivity index (χ1v) is 18.5. The standard InChI is InChI=1S/C48H34N2S/c1-5-13-33(14-6-1)45-27-40(28-46(49-45)34-15-7-2-8-16-34)37-23-24-43-42(25-37)32-51-31-39-22-21-38(26-44(39)43)41-29-47(35-17-9-3-10-18-35)50-48(30-41)36-19-11-4-12-20-36/h1-30H,31-32H2. The fraction of sp³-hybridized carbons (Fsp3) is 0.0417. The first-order valence-electron chi connectivity index (χ1n) is 17.4. The molecule has 1 aliphatic heterocycles. The second kappa shape index (κ2) is 13.7. The summed E-state index contributed by atoms with van der Waals surface area (Å²) in [4.78, 5) is 10.2. The van der Waals surface area contributed by atoms with Gasteiger partial charge in [-0.05, 0) is 80.9 Å². The molecule has 0 spiro atoms. The zero-order chi connectivity index (χ0) is 34.0. The van der Waals surface area contributed by atoms with Gasteiger partial charge in [-0.15, -0.1) is 0 Å². The molecule has 3 heteroatoms. The van der Waals surface area contributed by atoms with Gasteiger partial charge in [-0.25, -0.2) is 9.97 Å². The fourth-order valence-corrected chi connectivity index (χ4v) is 8.01. The zero-order valence-electron chi connectivity index (χ0n) is 28.0. The number of pyridine rings is 2. The zero-order valence-corrected chi connectivity index (χ0v) is 28.9. The van der Waals surface area contributed by atoms with E-state index in [2.05, 4.69) is 182 Å². The summed E-state index contributed by atoms with van der Waals surface area (Å²) in [5.74, 6) is 1.94. The van der Waals surface area contributed by atoms with E-state index >= 15 is 0 Å². The average Bonchev–Trinajstić information content (AvgIpc) is 3.40. The van der Waals surface area contributed by atoms with Crippen LogP contribution in [-0.4, -0.2) is 9.97 Å². The molecule has 0 aliphatic carbocycles. The van der Waals surface area contributed by atoms with Gasteiger partial charge in [0.1, 0.15) is 0 Å². The lowest BCUT2D eigenvalue weighted by atomic mass is 9.90. The second-order valence-corrected chi connectivity index (χ2v) is 13.9. The van der Waals surface area contributed by atoms with Gasteiger partial charge in [0.2, 0.25) is 0 Å². The van der Waals surface area contributed by atoms with E-state index < -0.39 is 0 Å². The van der Waals surface area contributed by atoms with Crippen LogP contribution in [0.4, 0.5) is 0 Å². The van der Waals surface area contributed by atoms with Gasteiger partial charge in [-0.2, -0.15) is 11.8 Å². The Morgan fingerprint density at radius 2 is 0.686 bits per heavy atom. The van der Waals surface area contributed by atoms with Gasteiger partial charge in [0.15, 0.2) is 0 Å². The molecule has 0 bridgehead atoms. The first kappa shape index (κ1) is 31.0. The van der Waals surface area contributed by atoms with Gasteiger partial charge >= 0.3 is 0 Å². The maximum absolute atomic E-state index is 5.12. The summed E-state index contributed by atoms with van der Waals surface area (Å²) in [7, 11) is 0. The van der Waals surface area contributed by atoms with E-state index in [1.807, 2.05) is 11.8 Å². The lowest BCUT2D eigenvalue weighted by Crippen LogP contribution is -1.94. The number of nitrogens with zero attached hydrogens (tertiary/aromatic N) is 2. The normalized spacial score (nSPS) is 12.1. The van der Waals surface area contributed by atoms with Crippen LogP contribution in [0, 0.1) is 0 Å². The first-order chi connectivity index (χ1) is 25.2. The number of benzene rings is 6. The molecule has 2 aromatic heterocycles. The molecule has 6 aromatic carbocycles. The van der Waals surface area contributed by atoms with Gasteiger partial charge in [0.25, 0.3) is 0 Å². The molecule has 0 amide bonds. The predicted octanol–water partition coefficient (Wildman–Crippen LogP) is 12.9. The van der Waals surface area contributed by atoms with Crippen LogP contribution in [0.3, 0.4) is 0 Å². The maximum Gasteiger partial charge on any atom is 0.0715 e. The molecule has 0 N–H and O–H groups in total. The van der Waals surface area contributed by atoms with E-state index in [0.717, 1.165) is 56.5 Å². The van der Waals surface area contributed by atoms with Crippen LogP contribution in [0.2, 0.25) is 0 Å². The molecule has 0 unspecified atom stereocenters. The largest absolute Gasteiger partial charge is 0.248 e. The summed E-state index contributed by atoms with van der Waals surface area (Å²) in [6, 6.07) is 64.9. The number of hydrogen-bond donors (Lipinski definition) is 0. The Morgan fingerprint density at radius 3 is 1.14 bits per heavy atom. The summed E-state index contributed by atoms with van der Waals surface area (Å²) in [5.41, 5.74) is 18.5. The highest BCUT2D eigenvalue weighted by atomic mass is 32.2. The lowest BCUT2D eigenvalue weighted by molar-refractivity contribution is 1.32. The van der Waals surface area contributed by atoms with E-state index in [-0.39, 0.29) is 0 Å². The second-order valence-electron chi connectivity index (χ2n) is 13.0. The summed E-state index contributed by atoms with van der Waals surface area (Å²) in [5, 5.41) is 0. The molecule has 0 fully saturated rings. The van der Waals surface area contributed by atoms with E-state index in [1.165, 1.54) is 44.5 Å². The number of aromatic nitrogens is 2. The van der Waals surface area contributed by atoms with E-state index in [0.29, 0.717) is 0 Å². The molecule has 2 nitrogen and oxygen atoms in total. The van der Waals surface area contributed by atoms with Crippen molar-refractivity contribution in [2.45, 2.75) is 11.5 Å². The van der Waals surface area contributed by atoms with Gasteiger partial charge in [-0.3, -0.25) is 0 Å². The van der Waals surface area contributed by atoms with Crippen molar-refractivity contribution in [1.82, 2.24) is 9.97 Å². The maximum atomic E-state index is 5.12. The van der Waals surface area contributed by atoms with Crippen LogP contribution in [0.15, 0.2) is 182 Å². The Kier molecular flexibility index (Phi) is 8.33.